The Balaban J connectivity index is 2.46. The van der Waals surface area contributed by atoms with Crippen LogP contribution in [0.25, 0.3) is 11.3 Å². The van der Waals surface area contributed by atoms with Gasteiger partial charge in [0.2, 0.25) is 0 Å². The number of nitrogens with zero attached hydrogens (tertiary/aromatic N) is 2. The normalized spacial score (nSPS) is 9.82. The van der Waals surface area contributed by atoms with Gasteiger partial charge in [0.1, 0.15) is 0 Å². The number of rotatable bonds is 1. The first-order chi connectivity index (χ1) is 5.47. The van der Waals surface area contributed by atoms with Gasteiger partial charge in [0.05, 0.1) is 5.69 Å². The van der Waals surface area contributed by atoms with E-state index in [0.29, 0.717) is 0 Å². The number of hydrogen-bond acceptors (Lipinski definition) is 3. The lowest BCUT2D eigenvalue weighted by atomic mass is 10.2. The molecule has 0 aliphatic rings. The van der Waals surface area contributed by atoms with E-state index in [4.69, 9.17) is 0 Å². The second-order valence-electron chi connectivity index (χ2n) is 2.06. The Hall–Kier alpha value is -1.22. The number of aromatic nitrogens is 2. The number of hydrogen-bond donors (Lipinski definition) is 0. The van der Waals surface area contributed by atoms with Crippen molar-refractivity contribution in [1.29, 1.82) is 0 Å². The predicted molar refractivity (Wildman–Crippen MR) is 44.2 cm³/mol. The van der Waals surface area contributed by atoms with Gasteiger partial charge >= 0.3 is 0 Å². The van der Waals surface area contributed by atoms with Crippen LogP contribution in [0.5, 0.6) is 0 Å². The average Bonchev–Trinajstić information content (AvgIpc) is 2.58. The molecule has 0 spiro atoms. The van der Waals surface area contributed by atoms with Gasteiger partial charge in [0.15, 0.2) is 5.51 Å². The molecule has 0 aromatic carbocycles. The third kappa shape index (κ3) is 1.28. The molecule has 0 amide bonds. The van der Waals surface area contributed by atoms with Gasteiger partial charge in [-0.1, -0.05) is 0 Å². The first-order valence-corrected chi connectivity index (χ1v) is 4.07. The molecular weight excluding hydrogens is 156 g/mol. The molecule has 3 heteroatoms. The predicted octanol–water partition coefficient (Wildman–Crippen LogP) is 2.01. The molecule has 0 bridgehead atoms. The van der Waals surface area contributed by atoms with E-state index in [1.54, 1.807) is 12.4 Å². The van der Waals surface area contributed by atoms with Crippen LogP contribution < -0.4 is 0 Å². The lowest BCUT2D eigenvalue weighted by Crippen LogP contribution is -1.76. The van der Waals surface area contributed by atoms with Gasteiger partial charge in [-0.2, -0.15) is 0 Å². The maximum absolute atomic E-state index is 4.05. The molecule has 0 fully saturated rings. The largest absolute Gasteiger partial charge is 0.265 e. The minimum absolute atomic E-state index is 0.970. The topological polar surface area (TPSA) is 25.8 Å². The zero-order valence-electron chi connectivity index (χ0n) is 5.69. The number of thiazole rings is 1. The minimum Gasteiger partial charge on any atom is -0.265 e. The Morgan fingerprint density at radius 2 is 2.09 bits per heavy atom. The van der Waals surface area contributed by atoms with Crippen LogP contribution in [-0.4, -0.2) is 9.97 Å². The van der Waals surface area contributed by atoms with Crippen molar-refractivity contribution in [2.45, 2.75) is 0 Å². The van der Waals surface area contributed by atoms with Crippen molar-refractivity contribution in [1.82, 2.24) is 9.97 Å². The van der Waals surface area contributed by atoms with Crippen molar-refractivity contribution in [2.75, 3.05) is 0 Å². The minimum atomic E-state index is 0.970. The standard InChI is InChI=1S/C8H5N2S/c1-3-9-4-2-7(1)8-5-11-6-10-8/h1-5H. The molecule has 1 radical (unpaired) electrons. The van der Waals surface area contributed by atoms with Crippen molar-refractivity contribution < 1.29 is 0 Å². The van der Waals surface area contributed by atoms with Crippen LogP contribution in [0.4, 0.5) is 0 Å². The Kier molecular flexibility index (Phi) is 1.65. The van der Waals surface area contributed by atoms with Gasteiger partial charge in [0, 0.05) is 23.3 Å². The van der Waals surface area contributed by atoms with Crippen LogP contribution in [0.15, 0.2) is 29.9 Å². The van der Waals surface area contributed by atoms with Crippen molar-refractivity contribution in [2.24, 2.45) is 0 Å². The molecule has 0 unspecified atom stereocenters. The summed E-state index contributed by atoms with van der Waals surface area (Å²) in [6.07, 6.45) is 3.52. The fraction of sp³-hybridized carbons (Fsp3) is 0. The van der Waals surface area contributed by atoms with Gasteiger partial charge in [-0.05, 0) is 12.1 Å². The molecule has 2 heterocycles. The summed E-state index contributed by atoms with van der Waals surface area (Å²) in [5.74, 6) is 0. The van der Waals surface area contributed by atoms with E-state index in [0.717, 1.165) is 11.3 Å². The van der Waals surface area contributed by atoms with Gasteiger partial charge in [-0.15, -0.1) is 11.3 Å². The van der Waals surface area contributed by atoms with Gasteiger partial charge in [0.25, 0.3) is 0 Å². The monoisotopic (exact) mass is 161 g/mol. The SMILES string of the molecule is [c]1nc(-c2ccncc2)cs1. The van der Waals surface area contributed by atoms with Crippen LogP contribution in [0, 0.1) is 5.51 Å². The van der Waals surface area contributed by atoms with Gasteiger partial charge in [-0.3, -0.25) is 4.98 Å². The highest BCUT2D eigenvalue weighted by Gasteiger charge is 1.96. The zero-order valence-corrected chi connectivity index (χ0v) is 6.51. The van der Waals surface area contributed by atoms with Crippen LogP contribution in [0.1, 0.15) is 0 Å². The summed E-state index contributed by atoms with van der Waals surface area (Å²) in [5, 5.41) is 1.97. The lowest BCUT2D eigenvalue weighted by molar-refractivity contribution is 1.31. The Morgan fingerprint density at radius 1 is 1.27 bits per heavy atom. The van der Waals surface area contributed by atoms with E-state index in [1.165, 1.54) is 11.3 Å². The molecule has 2 rings (SSSR count). The van der Waals surface area contributed by atoms with Gasteiger partial charge < -0.3 is 0 Å². The molecule has 0 atom stereocenters. The van der Waals surface area contributed by atoms with Crippen molar-refractivity contribution in [3.8, 4) is 11.3 Å². The summed E-state index contributed by atoms with van der Waals surface area (Å²) in [6, 6.07) is 3.87. The van der Waals surface area contributed by atoms with Crippen LogP contribution in [0.2, 0.25) is 0 Å². The van der Waals surface area contributed by atoms with Crippen molar-refractivity contribution >= 4 is 11.3 Å². The molecule has 0 saturated carbocycles. The van der Waals surface area contributed by atoms with E-state index in [2.05, 4.69) is 15.5 Å². The number of pyridine rings is 1. The summed E-state index contributed by atoms with van der Waals surface area (Å²) in [7, 11) is 0. The quantitative estimate of drug-likeness (QED) is 0.639. The highest BCUT2D eigenvalue weighted by atomic mass is 32.1. The van der Waals surface area contributed by atoms with Crippen molar-refractivity contribution in [3.05, 3.63) is 35.4 Å². The molecule has 11 heavy (non-hydrogen) atoms. The Morgan fingerprint density at radius 3 is 2.73 bits per heavy atom. The molecule has 2 nitrogen and oxygen atoms in total. The van der Waals surface area contributed by atoms with E-state index < -0.39 is 0 Å². The molecular formula is C8H5N2S. The van der Waals surface area contributed by atoms with Crippen LogP contribution in [-0.2, 0) is 0 Å². The summed E-state index contributed by atoms with van der Waals surface area (Å²) in [5.41, 5.74) is 4.86. The third-order valence-corrected chi connectivity index (χ3v) is 1.90. The molecule has 0 N–H and O–H groups in total. The Labute approximate surface area is 68.6 Å². The fourth-order valence-electron chi connectivity index (χ4n) is 0.839. The third-order valence-electron chi connectivity index (χ3n) is 1.37. The van der Waals surface area contributed by atoms with E-state index >= 15 is 0 Å². The Bertz CT molecular complexity index is 315. The highest BCUT2D eigenvalue weighted by Crippen LogP contribution is 2.16. The van der Waals surface area contributed by atoms with E-state index in [-0.39, 0.29) is 0 Å². The van der Waals surface area contributed by atoms with Gasteiger partial charge in [-0.25, -0.2) is 4.98 Å². The van der Waals surface area contributed by atoms with Crippen molar-refractivity contribution in [3.63, 3.8) is 0 Å². The fourth-order valence-corrected chi connectivity index (χ4v) is 1.34. The highest BCUT2D eigenvalue weighted by molar-refractivity contribution is 7.07. The summed E-state index contributed by atoms with van der Waals surface area (Å²) < 4.78 is 0. The first kappa shape index (κ1) is 6.49. The average molecular weight is 161 g/mol. The molecule has 0 saturated heterocycles. The molecule has 53 valence electrons. The lowest BCUT2D eigenvalue weighted by Gasteiger charge is -1.91. The first-order valence-electron chi connectivity index (χ1n) is 3.19. The molecule has 0 aliphatic carbocycles. The van der Waals surface area contributed by atoms with Crippen LogP contribution in [0.3, 0.4) is 0 Å². The molecule has 2 aromatic heterocycles. The van der Waals surface area contributed by atoms with E-state index in [1.807, 2.05) is 17.5 Å². The maximum Gasteiger partial charge on any atom is 0.152 e. The second kappa shape index (κ2) is 2.80. The maximum atomic E-state index is 4.05. The smallest absolute Gasteiger partial charge is 0.152 e. The molecule has 2 aromatic rings. The van der Waals surface area contributed by atoms with E-state index in [9.17, 15) is 0 Å². The second-order valence-corrected chi connectivity index (χ2v) is 2.71. The summed E-state index contributed by atoms with van der Waals surface area (Å²) in [4.78, 5) is 7.97. The van der Waals surface area contributed by atoms with Crippen LogP contribution >= 0.6 is 11.3 Å². The zero-order chi connectivity index (χ0) is 7.52. The molecule has 0 aliphatic heterocycles. The summed E-state index contributed by atoms with van der Waals surface area (Å²) >= 11 is 1.48. The summed E-state index contributed by atoms with van der Waals surface area (Å²) in [6.45, 7) is 0.